The first-order valence-corrected chi connectivity index (χ1v) is 9.87. The van der Waals surface area contributed by atoms with E-state index in [4.69, 9.17) is 11.1 Å². The van der Waals surface area contributed by atoms with E-state index in [0.29, 0.717) is 11.6 Å². The van der Waals surface area contributed by atoms with Crippen LogP contribution < -0.4 is 5.84 Å². The van der Waals surface area contributed by atoms with Gasteiger partial charge in [-0.15, -0.1) is 11.8 Å². The van der Waals surface area contributed by atoms with Crippen LogP contribution in [0.25, 0.3) is 0 Å². The number of hydrogen-bond acceptors (Lipinski definition) is 6. The lowest BCUT2D eigenvalue weighted by molar-refractivity contribution is -0.132. The second-order valence-electron chi connectivity index (χ2n) is 6.67. The summed E-state index contributed by atoms with van der Waals surface area (Å²) in [5.74, 6) is 7.44. The third-order valence-corrected chi connectivity index (χ3v) is 5.96. The molecule has 0 spiro atoms. The molecule has 134 valence electrons. The van der Waals surface area contributed by atoms with Crippen molar-refractivity contribution in [3.63, 3.8) is 0 Å². The van der Waals surface area contributed by atoms with Gasteiger partial charge in [-0.2, -0.15) is 5.26 Å². The number of nitrogens with zero attached hydrogens (tertiary/aromatic N) is 4. The zero-order valence-corrected chi connectivity index (χ0v) is 15.2. The summed E-state index contributed by atoms with van der Waals surface area (Å²) in [6.45, 7) is 3.14. The van der Waals surface area contributed by atoms with Crippen LogP contribution >= 0.6 is 11.8 Å². The third-order valence-electron chi connectivity index (χ3n) is 4.94. The number of thioether (sulfide) groups is 1. The van der Waals surface area contributed by atoms with E-state index in [0.717, 1.165) is 32.5 Å². The maximum Gasteiger partial charge on any atom is 0.239 e. The van der Waals surface area contributed by atoms with Gasteiger partial charge in [0.1, 0.15) is 6.04 Å². The Kier molecular flexibility index (Phi) is 6.32. The number of rotatable bonds is 5. The SMILES string of the molecule is N#C[C@@H]1CSCN1C(=O)CN(N)C1CCN(Cc2ccccc2)CC1. The molecule has 2 fully saturated rings. The van der Waals surface area contributed by atoms with Gasteiger partial charge in [0.25, 0.3) is 0 Å². The molecule has 0 unspecified atom stereocenters. The van der Waals surface area contributed by atoms with Gasteiger partial charge in [-0.3, -0.25) is 15.5 Å². The molecule has 0 saturated carbocycles. The minimum absolute atomic E-state index is 0.0363. The number of nitriles is 1. The summed E-state index contributed by atoms with van der Waals surface area (Å²) in [5, 5.41) is 10.8. The second kappa shape index (κ2) is 8.68. The fourth-order valence-corrected chi connectivity index (χ4v) is 4.53. The van der Waals surface area contributed by atoms with E-state index < -0.39 is 0 Å². The average molecular weight is 359 g/mol. The molecule has 2 heterocycles. The quantitative estimate of drug-likeness (QED) is 0.630. The molecule has 3 rings (SSSR count). The minimum atomic E-state index is -0.307. The van der Waals surface area contributed by atoms with Crippen molar-refractivity contribution in [1.82, 2.24) is 14.8 Å². The molecule has 7 heteroatoms. The lowest BCUT2D eigenvalue weighted by atomic mass is 10.0. The first-order chi connectivity index (χ1) is 12.2. The van der Waals surface area contributed by atoms with Gasteiger partial charge in [-0.25, -0.2) is 5.01 Å². The molecule has 2 aliphatic heterocycles. The van der Waals surface area contributed by atoms with Crippen LogP contribution in [0.5, 0.6) is 0 Å². The Morgan fingerprint density at radius 2 is 2.04 bits per heavy atom. The van der Waals surface area contributed by atoms with Crippen LogP contribution in [0, 0.1) is 11.3 Å². The number of carbonyl (C=O) groups is 1. The summed E-state index contributed by atoms with van der Waals surface area (Å²) in [6, 6.07) is 12.6. The normalized spacial score (nSPS) is 22.3. The van der Waals surface area contributed by atoms with Crippen molar-refractivity contribution in [1.29, 1.82) is 5.26 Å². The monoisotopic (exact) mass is 359 g/mol. The minimum Gasteiger partial charge on any atom is -0.315 e. The van der Waals surface area contributed by atoms with Gasteiger partial charge in [-0.05, 0) is 18.4 Å². The van der Waals surface area contributed by atoms with E-state index in [-0.39, 0.29) is 24.5 Å². The van der Waals surface area contributed by atoms with E-state index in [2.05, 4.69) is 35.2 Å². The van der Waals surface area contributed by atoms with Gasteiger partial charge in [0.2, 0.25) is 5.91 Å². The smallest absolute Gasteiger partial charge is 0.239 e. The molecule has 0 aliphatic carbocycles. The molecule has 0 aromatic heterocycles. The molecule has 2 aliphatic rings. The number of carbonyl (C=O) groups excluding carboxylic acids is 1. The van der Waals surface area contributed by atoms with Crippen molar-refractivity contribution in [3.8, 4) is 6.07 Å². The molecule has 2 saturated heterocycles. The summed E-state index contributed by atoms with van der Waals surface area (Å²) in [7, 11) is 0. The highest BCUT2D eigenvalue weighted by Crippen LogP contribution is 2.21. The Hall–Kier alpha value is -1.59. The van der Waals surface area contributed by atoms with Crippen LogP contribution in [0.1, 0.15) is 18.4 Å². The Labute approximate surface area is 153 Å². The van der Waals surface area contributed by atoms with Crippen LogP contribution in [0.2, 0.25) is 0 Å². The van der Waals surface area contributed by atoms with Crippen LogP contribution in [0.15, 0.2) is 30.3 Å². The fraction of sp³-hybridized carbons (Fsp3) is 0.556. The van der Waals surface area contributed by atoms with Crippen LogP contribution in [-0.2, 0) is 11.3 Å². The summed E-state index contributed by atoms with van der Waals surface area (Å²) in [5.41, 5.74) is 1.33. The van der Waals surface area contributed by atoms with Crippen LogP contribution in [-0.4, -0.2) is 64.1 Å². The van der Waals surface area contributed by atoms with E-state index in [1.54, 1.807) is 21.7 Å². The molecule has 25 heavy (non-hydrogen) atoms. The van der Waals surface area contributed by atoms with Gasteiger partial charge in [-0.1, -0.05) is 30.3 Å². The molecule has 2 N–H and O–H groups in total. The first kappa shape index (κ1) is 18.2. The van der Waals surface area contributed by atoms with Crippen molar-refractivity contribution < 1.29 is 4.79 Å². The highest BCUT2D eigenvalue weighted by Gasteiger charge is 2.31. The Morgan fingerprint density at radius 1 is 1.32 bits per heavy atom. The van der Waals surface area contributed by atoms with Crippen LogP contribution in [0.3, 0.4) is 0 Å². The Bertz CT molecular complexity index is 612. The molecule has 1 amide bonds. The fourth-order valence-electron chi connectivity index (χ4n) is 3.42. The van der Waals surface area contributed by atoms with Gasteiger partial charge < -0.3 is 4.90 Å². The lowest BCUT2D eigenvalue weighted by Gasteiger charge is -2.36. The van der Waals surface area contributed by atoms with E-state index in [1.165, 1.54) is 5.56 Å². The molecule has 1 atom stereocenters. The Morgan fingerprint density at radius 3 is 2.72 bits per heavy atom. The summed E-state index contributed by atoms with van der Waals surface area (Å²) < 4.78 is 0. The van der Waals surface area contributed by atoms with Crippen molar-refractivity contribution in [3.05, 3.63) is 35.9 Å². The largest absolute Gasteiger partial charge is 0.315 e. The van der Waals surface area contributed by atoms with Crippen molar-refractivity contribution >= 4 is 17.7 Å². The van der Waals surface area contributed by atoms with E-state index >= 15 is 0 Å². The van der Waals surface area contributed by atoms with E-state index in [9.17, 15) is 4.79 Å². The zero-order valence-electron chi connectivity index (χ0n) is 14.4. The topological polar surface area (TPSA) is 76.6 Å². The Balaban J connectivity index is 1.44. The van der Waals surface area contributed by atoms with Gasteiger partial charge >= 0.3 is 0 Å². The molecule has 1 aromatic rings. The first-order valence-electron chi connectivity index (χ1n) is 8.72. The molecule has 0 bridgehead atoms. The van der Waals surface area contributed by atoms with Crippen molar-refractivity contribution in [2.24, 2.45) is 5.84 Å². The number of nitrogens with two attached hydrogens (primary N) is 1. The lowest BCUT2D eigenvalue weighted by Crippen LogP contribution is -2.52. The number of hydrogen-bond donors (Lipinski definition) is 1. The van der Waals surface area contributed by atoms with Gasteiger partial charge in [0, 0.05) is 31.4 Å². The number of amides is 1. The van der Waals surface area contributed by atoms with Crippen molar-refractivity contribution in [2.45, 2.75) is 31.5 Å². The highest BCUT2D eigenvalue weighted by atomic mass is 32.2. The van der Waals surface area contributed by atoms with Gasteiger partial charge in [0.05, 0.1) is 18.5 Å². The predicted octanol–water partition coefficient (Wildman–Crippen LogP) is 1.25. The molecule has 0 radical (unpaired) electrons. The summed E-state index contributed by atoms with van der Waals surface area (Å²) >= 11 is 1.62. The molecular weight excluding hydrogens is 334 g/mol. The number of likely N-dealkylation sites (tertiary alicyclic amines) is 1. The predicted molar refractivity (Wildman–Crippen MR) is 99.2 cm³/mol. The number of hydrazine groups is 1. The van der Waals surface area contributed by atoms with Crippen LogP contribution in [0.4, 0.5) is 0 Å². The van der Waals surface area contributed by atoms with E-state index in [1.807, 2.05) is 6.07 Å². The maximum absolute atomic E-state index is 12.4. The number of piperidine rings is 1. The molecular formula is C18H25N5OS. The molecule has 1 aromatic carbocycles. The third kappa shape index (κ3) is 4.73. The summed E-state index contributed by atoms with van der Waals surface area (Å²) in [4.78, 5) is 16.5. The maximum atomic E-state index is 12.4. The van der Waals surface area contributed by atoms with Gasteiger partial charge in [0.15, 0.2) is 0 Å². The van der Waals surface area contributed by atoms with Crippen molar-refractivity contribution in [2.75, 3.05) is 31.3 Å². The molecule has 6 nitrogen and oxygen atoms in total. The standard InChI is InChI=1S/C18H25N5OS/c19-10-17-13-25-14-22(17)18(24)12-23(20)16-6-8-21(9-7-16)11-15-4-2-1-3-5-15/h1-5,16-17H,6-9,11-14,20H2/t17-/m1/s1. The summed E-state index contributed by atoms with van der Waals surface area (Å²) in [6.07, 6.45) is 1.93. The average Bonchev–Trinajstić information content (AvgIpc) is 3.12. The highest BCUT2D eigenvalue weighted by molar-refractivity contribution is 7.99. The zero-order chi connectivity index (χ0) is 17.6. The number of benzene rings is 1. The second-order valence-corrected chi connectivity index (χ2v) is 7.67.